The Bertz CT molecular complexity index is 263. The number of rotatable bonds is 8. The van der Waals surface area contributed by atoms with Gasteiger partial charge in [0.2, 0.25) is 0 Å². The van der Waals surface area contributed by atoms with Gasteiger partial charge in [-0.25, -0.2) is 4.98 Å². The van der Waals surface area contributed by atoms with Crippen LogP contribution < -0.4 is 0 Å². The van der Waals surface area contributed by atoms with E-state index >= 15 is 0 Å². The molecule has 5 nitrogen and oxygen atoms in total. The molecule has 0 bridgehead atoms. The Kier molecular flexibility index (Phi) is 5.99. The van der Waals surface area contributed by atoms with E-state index in [1.54, 1.807) is 13.3 Å². The first-order valence-electron chi connectivity index (χ1n) is 4.95. The van der Waals surface area contributed by atoms with Crippen LogP contribution in [0.2, 0.25) is 0 Å². The van der Waals surface area contributed by atoms with Crippen molar-refractivity contribution in [3.05, 3.63) is 18.2 Å². The molecular formula is C10H18N2O3. The molecule has 0 N–H and O–H groups in total. The van der Waals surface area contributed by atoms with Crippen LogP contribution in [0.25, 0.3) is 0 Å². The van der Waals surface area contributed by atoms with Crippen molar-refractivity contribution in [1.29, 1.82) is 0 Å². The van der Waals surface area contributed by atoms with Crippen LogP contribution in [0.5, 0.6) is 0 Å². The van der Waals surface area contributed by atoms with Crippen LogP contribution in [0, 0.1) is 0 Å². The van der Waals surface area contributed by atoms with Gasteiger partial charge in [0.1, 0.15) is 12.4 Å². The summed E-state index contributed by atoms with van der Waals surface area (Å²) in [6.45, 7) is 2.93. The zero-order valence-electron chi connectivity index (χ0n) is 9.31. The predicted octanol–water partition coefficient (Wildman–Crippen LogP) is 0.600. The fourth-order valence-corrected chi connectivity index (χ4v) is 1.06. The molecular weight excluding hydrogens is 196 g/mol. The number of hydrogen-bond donors (Lipinski definition) is 0. The highest BCUT2D eigenvalue weighted by atomic mass is 16.5. The van der Waals surface area contributed by atoms with Crippen LogP contribution in [-0.4, -0.2) is 43.1 Å². The van der Waals surface area contributed by atoms with Crippen molar-refractivity contribution < 1.29 is 14.2 Å². The van der Waals surface area contributed by atoms with E-state index in [1.165, 1.54) is 0 Å². The quantitative estimate of drug-likeness (QED) is 0.594. The van der Waals surface area contributed by atoms with Gasteiger partial charge >= 0.3 is 0 Å². The normalized spacial score (nSPS) is 10.8. The van der Waals surface area contributed by atoms with Crippen molar-refractivity contribution in [3.63, 3.8) is 0 Å². The van der Waals surface area contributed by atoms with Crippen LogP contribution in [0.3, 0.4) is 0 Å². The van der Waals surface area contributed by atoms with Gasteiger partial charge in [-0.05, 0) is 0 Å². The Hall–Kier alpha value is -0.910. The Morgan fingerprint density at radius 2 is 1.93 bits per heavy atom. The standard InChI is InChI=1S/C10H18N2O3/c1-12-4-3-11-10(12)9-15-8-7-14-6-5-13-2/h3-4H,5-9H2,1-2H3. The third-order valence-corrected chi connectivity index (χ3v) is 1.96. The van der Waals surface area contributed by atoms with E-state index in [2.05, 4.69) is 4.98 Å². The van der Waals surface area contributed by atoms with E-state index in [1.807, 2.05) is 17.8 Å². The third-order valence-electron chi connectivity index (χ3n) is 1.96. The van der Waals surface area contributed by atoms with Gasteiger partial charge in [0, 0.05) is 26.6 Å². The molecule has 0 atom stereocenters. The zero-order chi connectivity index (χ0) is 10.9. The molecule has 0 saturated heterocycles. The minimum Gasteiger partial charge on any atom is -0.382 e. The smallest absolute Gasteiger partial charge is 0.134 e. The van der Waals surface area contributed by atoms with Crippen molar-refractivity contribution >= 4 is 0 Å². The summed E-state index contributed by atoms with van der Waals surface area (Å²) in [6, 6.07) is 0. The molecule has 0 amide bonds. The molecule has 86 valence electrons. The summed E-state index contributed by atoms with van der Waals surface area (Å²) in [5.41, 5.74) is 0. The summed E-state index contributed by atoms with van der Waals surface area (Å²) in [4.78, 5) is 4.14. The fourth-order valence-electron chi connectivity index (χ4n) is 1.06. The highest BCUT2D eigenvalue weighted by Gasteiger charge is 1.98. The van der Waals surface area contributed by atoms with Crippen molar-refractivity contribution in [1.82, 2.24) is 9.55 Å². The molecule has 0 radical (unpaired) electrons. The van der Waals surface area contributed by atoms with Gasteiger partial charge < -0.3 is 18.8 Å². The Balaban J connectivity index is 1.96. The van der Waals surface area contributed by atoms with Gasteiger partial charge in [-0.2, -0.15) is 0 Å². The van der Waals surface area contributed by atoms with Gasteiger partial charge in [0.05, 0.1) is 26.4 Å². The van der Waals surface area contributed by atoms with Crippen molar-refractivity contribution in [2.24, 2.45) is 7.05 Å². The first-order chi connectivity index (χ1) is 7.34. The second-order valence-electron chi connectivity index (χ2n) is 3.11. The summed E-state index contributed by atoms with van der Waals surface area (Å²) in [6.07, 6.45) is 3.65. The van der Waals surface area contributed by atoms with Gasteiger partial charge in [-0.3, -0.25) is 0 Å². The van der Waals surface area contributed by atoms with Gasteiger partial charge in [0.15, 0.2) is 0 Å². The minimum atomic E-state index is 0.525. The summed E-state index contributed by atoms with van der Waals surface area (Å²) >= 11 is 0. The van der Waals surface area contributed by atoms with E-state index in [4.69, 9.17) is 14.2 Å². The molecule has 0 fully saturated rings. The number of imidazole rings is 1. The molecule has 0 saturated carbocycles. The summed E-state index contributed by atoms with van der Waals surface area (Å²) in [7, 11) is 3.60. The minimum absolute atomic E-state index is 0.525. The lowest BCUT2D eigenvalue weighted by atomic mass is 10.6. The number of hydrogen-bond acceptors (Lipinski definition) is 4. The summed E-state index contributed by atoms with van der Waals surface area (Å²) in [5, 5.41) is 0. The average molecular weight is 214 g/mol. The van der Waals surface area contributed by atoms with Crippen LogP contribution in [0.1, 0.15) is 5.82 Å². The summed E-state index contributed by atoms with van der Waals surface area (Å²) < 4.78 is 17.4. The highest BCUT2D eigenvalue weighted by Crippen LogP contribution is 1.96. The maximum Gasteiger partial charge on any atom is 0.134 e. The lowest BCUT2D eigenvalue weighted by Crippen LogP contribution is -2.09. The molecule has 0 unspecified atom stereocenters. The van der Waals surface area contributed by atoms with Crippen molar-refractivity contribution in [3.8, 4) is 0 Å². The molecule has 0 spiro atoms. The molecule has 5 heteroatoms. The van der Waals surface area contributed by atoms with Crippen molar-refractivity contribution in [2.75, 3.05) is 33.5 Å². The first kappa shape index (κ1) is 12.2. The van der Waals surface area contributed by atoms with Crippen molar-refractivity contribution in [2.45, 2.75) is 6.61 Å². The topological polar surface area (TPSA) is 45.5 Å². The van der Waals surface area contributed by atoms with Crippen LogP contribution in [0.4, 0.5) is 0 Å². The predicted molar refractivity (Wildman–Crippen MR) is 55.6 cm³/mol. The number of ether oxygens (including phenoxy) is 3. The highest BCUT2D eigenvalue weighted by molar-refractivity contribution is 4.88. The molecule has 1 heterocycles. The SMILES string of the molecule is COCCOCCOCc1nccn1C. The summed E-state index contributed by atoms with van der Waals surface area (Å²) in [5.74, 6) is 0.923. The number of aryl methyl sites for hydroxylation is 1. The fraction of sp³-hybridized carbons (Fsp3) is 0.700. The van der Waals surface area contributed by atoms with Gasteiger partial charge in [-0.1, -0.05) is 0 Å². The van der Waals surface area contributed by atoms with Gasteiger partial charge in [-0.15, -0.1) is 0 Å². The first-order valence-corrected chi connectivity index (χ1v) is 4.95. The lowest BCUT2D eigenvalue weighted by molar-refractivity contribution is 0.0180. The molecule has 1 aromatic rings. The molecule has 0 aliphatic carbocycles. The Labute approximate surface area is 90.0 Å². The van der Waals surface area contributed by atoms with Gasteiger partial charge in [0.25, 0.3) is 0 Å². The third kappa shape index (κ3) is 4.92. The number of aromatic nitrogens is 2. The average Bonchev–Trinajstić information content (AvgIpc) is 2.63. The molecule has 0 aliphatic heterocycles. The van der Waals surface area contributed by atoms with Crippen LogP contribution in [0.15, 0.2) is 12.4 Å². The second-order valence-corrected chi connectivity index (χ2v) is 3.11. The van der Waals surface area contributed by atoms with E-state index in [0.717, 1.165) is 5.82 Å². The van der Waals surface area contributed by atoms with Crippen LogP contribution in [-0.2, 0) is 27.9 Å². The second kappa shape index (κ2) is 7.39. The Morgan fingerprint density at radius 3 is 2.60 bits per heavy atom. The van der Waals surface area contributed by atoms with Crippen LogP contribution >= 0.6 is 0 Å². The number of nitrogens with zero attached hydrogens (tertiary/aromatic N) is 2. The zero-order valence-corrected chi connectivity index (χ0v) is 9.31. The largest absolute Gasteiger partial charge is 0.382 e. The monoisotopic (exact) mass is 214 g/mol. The van der Waals surface area contributed by atoms with E-state index < -0.39 is 0 Å². The van der Waals surface area contributed by atoms with E-state index in [9.17, 15) is 0 Å². The molecule has 1 rings (SSSR count). The van der Waals surface area contributed by atoms with E-state index in [-0.39, 0.29) is 0 Å². The molecule has 0 aliphatic rings. The Morgan fingerprint density at radius 1 is 1.20 bits per heavy atom. The maximum atomic E-state index is 5.39. The molecule has 0 aromatic carbocycles. The number of methoxy groups -OCH3 is 1. The lowest BCUT2D eigenvalue weighted by Gasteiger charge is -2.05. The molecule has 15 heavy (non-hydrogen) atoms. The van der Waals surface area contributed by atoms with E-state index in [0.29, 0.717) is 33.0 Å². The maximum absolute atomic E-state index is 5.39. The molecule has 1 aromatic heterocycles.